The summed E-state index contributed by atoms with van der Waals surface area (Å²) in [5.74, 6) is 1.11. The lowest BCUT2D eigenvalue weighted by Gasteiger charge is -2.10. The first-order valence-corrected chi connectivity index (χ1v) is 9.13. The Morgan fingerprint density at radius 1 is 1.42 bits per heavy atom. The minimum atomic E-state index is -0.219. The molecule has 0 spiro atoms. The van der Waals surface area contributed by atoms with Gasteiger partial charge in [0.25, 0.3) is 0 Å². The molecule has 4 rings (SSSR count). The molecule has 0 amide bonds. The second kappa shape index (κ2) is 7.09. The van der Waals surface area contributed by atoms with Gasteiger partial charge in [0.05, 0.1) is 12.7 Å². The maximum absolute atomic E-state index is 12.4. The van der Waals surface area contributed by atoms with E-state index >= 15 is 0 Å². The van der Waals surface area contributed by atoms with Crippen LogP contribution < -0.4 is 16.3 Å². The summed E-state index contributed by atoms with van der Waals surface area (Å²) < 4.78 is 1.60. The molecule has 26 heavy (non-hydrogen) atoms. The monoisotopic (exact) mass is 372 g/mol. The van der Waals surface area contributed by atoms with Crippen molar-refractivity contribution in [1.82, 2.24) is 24.8 Å². The molecule has 3 N–H and O–H groups in total. The van der Waals surface area contributed by atoms with Crippen molar-refractivity contribution >= 4 is 28.7 Å². The van der Waals surface area contributed by atoms with E-state index in [0.29, 0.717) is 34.6 Å². The summed E-state index contributed by atoms with van der Waals surface area (Å²) in [6, 6.07) is 5.79. The quantitative estimate of drug-likeness (QED) is 0.638. The molecule has 1 fully saturated rings. The molecule has 8 heteroatoms. The summed E-state index contributed by atoms with van der Waals surface area (Å²) in [4.78, 5) is 24.1. The van der Waals surface area contributed by atoms with Gasteiger partial charge in [0, 0.05) is 11.6 Å². The number of benzene rings is 1. The van der Waals surface area contributed by atoms with Crippen LogP contribution in [0, 0.1) is 12.8 Å². The number of anilines is 1. The Labute approximate surface area is 155 Å². The Morgan fingerprint density at radius 3 is 3.12 bits per heavy atom. The third kappa shape index (κ3) is 3.45. The van der Waals surface area contributed by atoms with Crippen molar-refractivity contribution in [2.24, 2.45) is 5.92 Å². The number of rotatable bonds is 5. The molecule has 136 valence electrons. The van der Waals surface area contributed by atoms with E-state index in [1.54, 1.807) is 10.8 Å². The van der Waals surface area contributed by atoms with Crippen molar-refractivity contribution in [2.45, 2.75) is 19.9 Å². The molecule has 1 aliphatic heterocycles. The number of hydrogen-bond acceptors (Lipinski definition) is 5. The van der Waals surface area contributed by atoms with Crippen LogP contribution in [0.25, 0.3) is 11.2 Å². The molecule has 0 bridgehead atoms. The number of hydrogen-bond donors (Lipinski definition) is 3. The SMILES string of the molecule is Cc1ccc(Cl)c(Cn2c(=O)[nH]c3cnc(NC[C@@H]4CCNC4)nc32)c1. The fourth-order valence-corrected chi connectivity index (χ4v) is 3.47. The maximum Gasteiger partial charge on any atom is 0.328 e. The van der Waals surface area contributed by atoms with Gasteiger partial charge in [-0.3, -0.25) is 4.57 Å². The normalized spacial score (nSPS) is 17.1. The number of imidazole rings is 1. The van der Waals surface area contributed by atoms with Crippen LogP contribution in [0.1, 0.15) is 17.5 Å². The number of aryl methyl sites for hydroxylation is 1. The summed E-state index contributed by atoms with van der Waals surface area (Å²) in [7, 11) is 0. The van der Waals surface area contributed by atoms with Gasteiger partial charge in [0.1, 0.15) is 5.52 Å². The van der Waals surface area contributed by atoms with E-state index in [-0.39, 0.29) is 5.69 Å². The molecule has 3 aromatic rings. The topological polar surface area (TPSA) is 87.6 Å². The zero-order valence-electron chi connectivity index (χ0n) is 14.6. The molecule has 0 unspecified atom stereocenters. The van der Waals surface area contributed by atoms with Crippen LogP contribution in [0.15, 0.2) is 29.2 Å². The van der Waals surface area contributed by atoms with E-state index in [1.807, 2.05) is 25.1 Å². The summed E-state index contributed by atoms with van der Waals surface area (Å²) in [5, 5.41) is 7.26. The van der Waals surface area contributed by atoms with Gasteiger partial charge in [0.2, 0.25) is 5.95 Å². The van der Waals surface area contributed by atoms with E-state index in [4.69, 9.17) is 11.6 Å². The van der Waals surface area contributed by atoms with E-state index < -0.39 is 0 Å². The molecule has 1 aliphatic rings. The van der Waals surface area contributed by atoms with Gasteiger partial charge in [0.15, 0.2) is 5.65 Å². The first-order chi connectivity index (χ1) is 12.6. The third-order valence-corrected chi connectivity index (χ3v) is 5.12. The van der Waals surface area contributed by atoms with Crippen LogP contribution >= 0.6 is 11.6 Å². The molecule has 7 nitrogen and oxygen atoms in total. The highest BCUT2D eigenvalue weighted by Gasteiger charge is 2.16. The summed E-state index contributed by atoms with van der Waals surface area (Å²) in [5.41, 5.74) is 2.96. The molecule has 0 aliphatic carbocycles. The Kier molecular flexibility index (Phi) is 4.65. The largest absolute Gasteiger partial charge is 0.354 e. The minimum absolute atomic E-state index is 0.219. The second-order valence-electron chi connectivity index (χ2n) is 6.78. The van der Waals surface area contributed by atoms with Gasteiger partial charge >= 0.3 is 5.69 Å². The molecular weight excluding hydrogens is 352 g/mol. The standard InChI is InChI=1S/C18H21ClN6O/c1-11-2-3-14(19)13(6-11)10-25-16-15(23-18(25)26)9-22-17(24-16)21-8-12-4-5-20-7-12/h2-3,6,9,12,20H,4-5,7-8,10H2,1H3,(H,23,26)(H,21,22,24)/t12-/m1/s1. The van der Waals surface area contributed by atoms with Crippen molar-refractivity contribution in [1.29, 1.82) is 0 Å². The number of nitrogens with zero attached hydrogens (tertiary/aromatic N) is 3. The van der Waals surface area contributed by atoms with Gasteiger partial charge in [-0.2, -0.15) is 4.98 Å². The Balaban J connectivity index is 1.63. The molecular formula is C18H21ClN6O. The number of nitrogens with one attached hydrogen (secondary N) is 3. The number of fused-ring (bicyclic) bond motifs is 1. The van der Waals surface area contributed by atoms with Crippen molar-refractivity contribution in [2.75, 3.05) is 25.0 Å². The first-order valence-electron chi connectivity index (χ1n) is 8.75. The maximum atomic E-state index is 12.4. The van der Waals surface area contributed by atoms with Crippen molar-refractivity contribution in [3.63, 3.8) is 0 Å². The third-order valence-electron chi connectivity index (χ3n) is 4.75. The summed E-state index contributed by atoms with van der Waals surface area (Å²) in [6.45, 7) is 5.25. The lowest BCUT2D eigenvalue weighted by molar-refractivity contribution is 0.613. The first kappa shape index (κ1) is 17.1. The van der Waals surface area contributed by atoms with Gasteiger partial charge in [-0.1, -0.05) is 29.3 Å². The molecule has 1 atom stereocenters. The summed E-state index contributed by atoms with van der Waals surface area (Å²) >= 11 is 6.29. The molecule has 0 radical (unpaired) electrons. The molecule has 0 saturated carbocycles. The minimum Gasteiger partial charge on any atom is -0.354 e. The average molecular weight is 373 g/mol. The zero-order chi connectivity index (χ0) is 18.1. The number of H-pyrrole nitrogens is 1. The Morgan fingerprint density at radius 2 is 2.31 bits per heavy atom. The lowest BCUT2D eigenvalue weighted by atomic mass is 10.1. The van der Waals surface area contributed by atoms with Gasteiger partial charge in [-0.25, -0.2) is 9.78 Å². The fourth-order valence-electron chi connectivity index (χ4n) is 3.30. The predicted octanol–water partition coefficient (Wildman–Crippen LogP) is 2.15. The Bertz CT molecular complexity index is 989. The van der Waals surface area contributed by atoms with E-state index in [1.165, 1.54) is 0 Å². The summed E-state index contributed by atoms with van der Waals surface area (Å²) in [6.07, 6.45) is 2.79. The lowest BCUT2D eigenvalue weighted by Crippen LogP contribution is -2.19. The van der Waals surface area contributed by atoms with Crippen LogP contribution in [0.4, 0.5) is 5.95 Å². The van der Waals surface area contributed by atoms with Crippen LogP contribution in [-0.4, -0.2) is 39.2 Å². The highest BCUT2D eigenvalue weighted by Crippen LogP contribution is 2.20. The van der Waals surface area contributed by atoms with Crippen LogP contribution in [-0.2, 0) is 6.54 Å². The van der Waals surface area contributed by atoms with Crippen LogP contribution in [0.3, 0.4) is 0 Å². The smallest absolute Gasteiger partial charge is 0.328 e. The molecule has 1 saturated heterocycles. The van der Waals surface area contributed by atoms with Crippen molar-refractivity contribution in [3.05, 3.63) is 51.0 Å². The molecule has 1 aromatic carbocycles. The Hall–Kier alpha value is -2.38. The van der Waals surface area contributed by atoms with Crippen LogP contribution in [0.2, 0.25) is 5.02 Å². The number of aromatic nitrogens is 4. The average Bonchev–Trinajstić information content (AvgIpc) is 3.24. The number of halogens is 1. The van der Waals surface area contributed by atoms with Crippen LogP contribution in [0.5, 0.6) is 0 Å². The number of aromatic amines is 1. The van der Waals surface area contributed by atoms with Gasteiger partial charge < -0.3 is 15.6 Å². The van der Waals surface area contributed by atoms with E-state index in [2.05, 4.69) is 25.6 Å². The highest BCUT2D eigenvalue weighted by molar-refractivity contribution is 6.31. The zero-order valence-corrected chi connectivity index (χ0v) is 15.3. The van der Waals surface area contributed by atoms with Gasteiger partial charge in [-0.05, 0) is 44.0 Å². The van der Waals surface area contributed by atoms with E-state index in [0.717, 1.165) is 37.2 Å². The molecule has 2 aromatic heterocycles. The fraction of sp³-hybridized carbons (Fsp3) is 0.389. The highest BCUT2D eigenvalue weighted by atomic mass is 35.5. The van der Waals surface area contributed by atoms with Crippen molar-refractivity contribution in [3.8, 4) is 0 Å². The van der Waals surface area contributed by atoms with E-state index in [9.17, 15) is 4.79 Å². The van der Waals surface area contributed by atoms with Crippen molar-refractivity contribution < 1.29 is 0 Å². The predicted molar refractivity (Wildman–Crippen MR) is 103 cm³/mol. The second-order valence-corrected chi connectivity index (χ2v) is 7.19. The molecule has 3 heterocycles. The van der Waals surface area contributed by atoms with Gasteiger partial charge in [-0.15, -0.1) is 0 Å².